The molecule has 1 N–H and O–H groups in total. The average Bonchev–Trinajstić information content (AvgIpc) is 3.29. The highest BCUT2D eigenvalue weighted by Crippen LogP contribution is 2.31. The number of halogens is 2. The smallest absolute Gasteiger partial charge is 0.407 e. The number of carbonyl (C=O) groups excluding carboxylic acids is 1. The zero-order valence-electron chi connectivity index (χ0n) is 22.4. The number of anilines is 1. The molecule has 1 aromatic carbocycles. The number of nitrogens with zero attached hydrogens (tertiary/aromatic N) is 5. The van der Waals surface area contributed by atoms with E-state index in [1.165, 1.54) is 4.57 Å². The fraction of sp³-hybridized carbons (Fsp3) is 0.556. The molecule has 1 aliphatic heterocycles. The first-order chi connectivity index (χ1) is 18.7. The van der Waals surface area contributed by atoms with E-state index in [1.807, 2.05) is 25.7 Å². The van der Waals surface area contributed by atoms with Crippen molar-refractivity contribution in [2.45, 2.75) is 70.6 Å². The van der Waals surface area contributed by atoms with Crippen molar-refractivity contribution in [3.05, 3.63) is 36.2 Å². The summed E-state index contributed by atoms with van der Waals surface area (Å²) in [6.07, 6.45) is -0.627. The van der Waals surface area contributed by atoms with Gasteiger partial charge in [-0.25, -0.2) is 18.6 Å². The molecule has 0 bridgehead atoms. The van der Waals surface area contributed by atoms with E-state index >= 15 is 0 Å². The molecule has 5 rings (SSSR count). The lowest BCUT2D eigenvalue weighted by Gasteiger charge is -2.31. The first-order valence-corrected chi connectivity index (χ1v) is 13.3. The summed E-state index contributed by atoms with van der Waals surface area (Å²) in [7, 11) is 0. The maximum Gasteiger partial charge on any atom is 0.407 e. The van der Waals surface area contributed by atoms with E-state index in [2.05, 4.69) is 20.3 Å². The van der Waals surface area contributed by atoms with Gasteiger partial charge in [0.05, 0.1) is 24.2 Å². The number of amides is 1. The molecule has 0 unspecified atom stereocenters. The van der Waals surface area contributed by atoms with Crippen LogP contribution in [0.25, 0.3) is 16.9 Å². The highest BCUT2D eigenvalue weighted by molar-refractivity contribution is 5.78. The van der Waals surface area contributed by atoms with Crippen LogP contribution < -0.4 is 15.0 Å². The molecule has 39 heavy (non-hydrogen) atoms. The lowest BCUT2D eigenvalue weighted by Crippen LogP contribution is -2.42. The molecule has 2 aliphatic rings. The zero-order valence-corrected chi connectivity index (χ0v) is 22.4. The second-order valence-electron chi connectivity index (χ2n) is 10.8. The van der Waals surface area contributed by atoms with E-state index in [0.29, 0.717) is 68.8 Å². The minimum absolute atomic E-state index is 0.0122. The van der Waals surface area contributed by atoms with Gasteiger partial charge in [0.25, 0.3) is 6.43 Å². The van der Waals surface area contributed by atoms with Crippen LogP contribution in [-0.2, 0) is 9.47 Å². The van der Waals surface area contributed by atoms with E-state index in [9.17, 15) is 13.6 Å². The van der Waals surface area contributed by atoms with Gasteiger partial charge in [-0.2, -0.15) is 9.97 Å². The molecule has 1 saturated carbocycles. The van der Waals surface area contributed by atoms with Crippen molar-refractivity contribution in [1.29, 1.82) is 0 Å². The summed E-state index contributed by atoms with van der Waals surface area (Å²) < 4.78 is 46.6. The van der Waals surface area contributed by atoms with Crippen LogP contribution in [0, 0.1) is 0 Å². The number of aromatic nitrogens is 4. The molecule has 3 heterocycles. The average molecular weight is 545 g/mol. The standard InChI is InChI=1S/C27H34F2N6O4/c1-27(2,3)39-26(36)30-17-8-10-18(11-9-17)38-25-32-21(34-12-14-37-15-13-34)16-22(33-25)35-20-7-5-4-6-19(20)31-24(35)23(28)29/h4-7,16-18,23H,8-15H2,1-3H3,(H,30,36)/t17-,18-. The number of imidazole rings is 1. The van der Waals surface area contributed by atoms with Crippen LogP contribution >= 0.6 is 0 Å². The van der Waals surface area contributed by atoms with Crippen molar-refractivity contribution >= 4 is 22.9 Å². The number of nitrogens with one attached hydrogen (secondary N) is 1. The summed E-state index contributed by atoms with van der Waals surface area (Å²) in [5.74, 6) is 0.463. The Morgan fingerprint density at radius 1 is 1.05 bits per heavy atom. The number of benzene rings is 1. The summed E-state index contributed by atoms with van der Waals surface area (Å²) in [5, 5.41) is 2.93. The number of ether oxygens (including phenoxy) is 3. The zero-order chi connectivity index (χ0) is 27.6. The van der Waals surface area contributed by atoms with Crippen molar-refractivity contribution in [3.8, 4) is 11.8 Å². The van der Waals surface area contributed by atoms with Gasteiger partial charge in [-0.15, -0.1) is 0 Å². The number of para-hydroxylation sites is 2. The van der Waals surface area contributed by atoms with E-state index < -0.39 is 18.1 Å². The maximum absolute atomic E-state index is 14.1. The highest BCUT2D eigenvalue weighted by atomic mass is 19.3. The Balaban J connectivity index is 1.38. The van der Waals surface area contributed by atoms with Crippen LogP contribution in [-0.4, -0.2) is 69.7 Å². The summed E-state index contributed by atoms with van der Waals surface area (Å²) in [6.45, 7) is 7.79. The number of carbonyl (C=O) groups is 1. The maximum atomic E-state index is 14.1. The molecule has 2 fully saturated rings. The third-order valence-electron chi connectivity index (χ3n) is 6.69. The van der Waals surface area contributed by atoms with Gasteiger partial charge < -0.3 is 24.4 Å². The van der Waals surface area contributed by atoms with Gasteiger partial charge in [0.15, 0.2) is 5.82 Å². The van der Waals surface area contributed by atoms with Crippen molar-refractivity contribution < 1.29 is 27.8 Å². The molecule has 1 saturated heterocycles. The van der Waals surface area contributed by atoms with Crippen LogP contribution in [0.1, 0.15) is 58.7 Å². The molecular formula is C27H34F2N6O4. The number of alkyl carbamates (subject to hydrolysis) is 1. The molecule has 10 nitrogen and oxygen atoms in total. The van der Waals surface area contributed by atoms with E-state index in [0.717, 1.165) is 0 Å². The number of morpholine rings is 1. The van der Waals surface area contributed by atoms with E-state index in [-0.39, 0.29) is 29.8 Å². The molecule has 2 aromatic heterocycles. The van der Waals surface area contributed by atoms with Gasteiger partial charge in [0, 0.05) is 25.2 Å². The Bertz CT molecular complexity index is 1300. The van der Waals surface area contributed by atoms with Gasteiger partial charge >= 0.3 is 12.1 Å². The van der Waals surface area contributed by atoms with Crippen LogP contribution in [0.3, 0.4) is 0 Å². The summed E-state index contributed by atoms with van der Waals surface area (Å²) >= 11 is 0. The monoisotopic (exact) mass is 544 g/mol. The molecule has 0 spiro atoms. The number of hydrogen-bond donors (Lipinski definition) is 1. The second-order valence-corrected chi connectivity index (χ2v) is 10.8. The summed E-state index contributed by atoms with van der Waals surface area (Å²) in [4.78, 5) is 27.6. The second kappa shape index (κ2) is 11.3. The third kappa shape index (κ3) is 6.55. The van der Waals surface area contributed by atoms with Gasteiger partial charge in [-0.3, -0.25) is 4.57 Å². The summed E-state index contributed by atoms with van der Waals surface area (Å²) in [6, 6.07) is 8.78. The molecule has 3 aromatic rings. The van der Waals surface area contributed by atoms with Gasteiger partial charge in [-0.1, -0.05) is 12.1 Å². The minimum atomic E-state index is -2.80. The SMILES string of the molecule is CC(C)(C)OC(=O)N[C@H]1CC[C@H](Oc2nc(N3CCOCC3)cc(-n3c(C(F)F)nc4ccccc43)n2)CC1. The lowest BCUT2D eigenvalue weighted by atomic mass is 9.93. The molecular weight excluding hydrogens is 510 g/mol. The number of rotatable bonds is 6. The van der Waals surface area contributed by atoms with Crippen molar-refractivity contribution in [1.82, 2.24) is 24.8 Å². The van der Waals surface area contributed by atoms with E-state index in [1.54, 1.807) is 30.3 Å². The fourth-order valence-corrected chi connectivity index (χ4v) is 4.90. The van der Waals surface area contributed by atoms with Gasteiger partial charge in [0.1, 0.15) is 23.3 Å². The minimum Gasteiger partial charge on any atom is -0.460 e. The quantitative estimate of drug-likeness (QED) is 0.472. The Labute approximate surface area is 225 Å². The molecule has 1 aliphatic carbocycles. The highest BCUT2D eigenvalue weighted by Gasteiger charge is 2.28. The predicted octanol–water partition coefficient (Wildman–Crippen LogP) is 4.80. The van der Waals surface area contributed by atoms with Crippen LogP contribution in [0.15, 0.2) is 30.3 Å². The topological polar surface area (TPSA) is 104 Å². The van der Waals surface area contributed by atoms with Gasteiger partial charge in [0.2, 0.25) is 0 Å². The Hall–Kier alpha value is -3.54. The predicted molar refractivity (Wildman–Crippen MR) is 141 cm³/mol. The largest absolute Gasteiger partial charge is 0.460 e. The van der Waals surface area contributed by atoms with Crippen molar-refractivity contribution in [2.24, 2.45) is 0 Å². The molecule has 210 valence electrons. The first kappa shape index (κ1) is 27.0. The first-order valence-electron chi connectivity index (χ1n) is 13.3. The summed E-state index contributed by atoms with van der Waals surface area (Å²) in [5.41, 5.74) is 0.423. The fourth-order valence-electron chi connectivity index (χ4n) is 4.90. The molecule has 0 radical (unpaired) electrons. The molecule has 0 atom stereocenters. The van der Waals surface area contributed by atoms with Crippen LogP contribution in [0.4, 0.5) is 19.4 Å². The molecule has 12 heteroatoms. The van der Waals surface area contributed by atoms with Crippen molar-refractivity contribution in [2.75, 3.05) is 31.2 Å². The number of alkyl halides is 2. The number of hydrogen-bond acceptors (Lipinski definition) is 8. The Morgan fingerprint density at radius 2 is 1.74 bits per heavy atom. The van der Waals surface area contributed by atoms with Crippen LogP contribution in [0.5, 0.6) is 6.01 Å². The van der Waals surface area contributed by atoms with Crippen molar-refractivity contribution in [3.63, 3.8) is 0 Å². The third-order valence-corrected chi connectivity index (χ3v) is 6.69. The van der Waals surface area contributed by atoms with Gasteiger partial charge in [-0.05, 0) is 58.6 Å². The molecule has 1 amide bonds. The van der Waals surface area contributed by atoms with E-state index in [4.69, 9.17) is 14.2 Å². The lowest BCUT2D eigenvalue weighted by molar-refractivity contribution is 0.0467. The number of fused-ring (bicyclic) bond motifs is 1. The normalized spacial score (nSPS) is 20.3. The Morgan fingerprint density at radius 3 is 2.44 bits per heavy atom. The van der Waals surface area contributed by atoms with Crippen LogP contribution in [0.2, 0.25) is 0 Å². The Kier molecular flexibility index (Phi) is 7.83.